The standard InChI is InChI=1S/C26H32N4O7/c1-34-21-14-20(30(32)33)13-19(24(21)31)16-28-8-5-18(6-9-28)26-27-7-10-29(26)15-17-11-22(35-2)25(37-4)23(12-17)36-3/h7,10-14,18,31H,5-6,8-9,15-16H2,1-4H3. The molecular formula is C26H32N4O7. The van der Waals surface area contributed by atoms with Gasteiger partial charge in [-0.1, -0.05) is 0 Å². The molecular weight excluding hydrogens is 480 g/mol. The van der Waals surface area contributed by atoms with E-state index in [2.05, 4.69) is 14.5 Å². The molecule has 37 heavy (non-hydrogen) atoms. The van der Waals surface area contributed by atoms with Crippen LogP contribution in [0.4, 0.5) is 5.69 Å². The lowest BCUT2D eigenvalue weighted by molar-refractivity contribution is -0.385. The number of benzene rings is 2. The number of hydrogen-bond acceptors (Lipinski definition) is 9. The highest BCUT2D eigenvalue weighted by molar-refractivity contribution is 5.54. The molecule has 2 heterocycles. The van der Waals surface area contributed by atoms with Crippen molar-refractivity contribution in [2.45, 2.75) is 31.8 Å². The number of phenolic OH excluding ortho intramolecular Hbond substituents is 1. The van der Waals surface area contributed by atoms with Crippen molar-refractivity contribution in [3.63, 3.8) is 0 Å². The molecule has 0 amide bonds. The van der Waals surface area contributed by atoms with Crippen LogP contribution < -0.4 is 18.9 Å². The maximum Gasteiger partial charge on any atom is 0.273 e. The summed E-state index contributed by atoms with van der Waals surface area (Å²) in [6.45, 7) is 2.54. The highest BCUT2D eigenvalue weighted by atomic mass is 16.6. The van der Waals surface area contributed by atoms with Gasteiger partial charge in [-0.2, -0.15) is 0 Å². The van der Waals surface area contributed by atoms with Crippen LogP contribution in [0, 0.1) is 10.1 Å². The minimum Gasteiger partial charge on any atom is -0.504 e. The lowest BCUT2D eigenvalue weighted by Gasteiger charge is -2.32. The lowest BCUT2D eigenvalue weighted by Crippen LogP contribution is -2.33. The second kappa shape index (κ2) is 11.4. The number of methoxy groups -OCH3 is 4. The number of rotatable bonds is 10. The van der Waals surface area contributed by atoms with Crippen molar-refractivity contribution in [1.82, 2.24) is 14.5 Å². The van der Waals surface area contributed by atoms with Gasteiger partial charge in [-0.25, -0.2) is 4.98 Å². The third-order valence-electron chi connectivity index (χ3n) is 6.74. The zero-order valence-corrected chi connectivity index (χ0v) is 21.5. The van der Waals surface area contributed by atoms with E-state index in [0.717, 1.165) is 37.3 Å². The number of likely N-dealkylation sites (tertiary alicyclic amines) is 1. The summed E-state index contributed by atoms with van der Waals surface area (Å²) in [6.07, 6.45) is 5.53. The summed E-state index contributed by atoms with van der Waals surface area (Å²) in [4.78, 5) is 17.6. The molecule has 1 N–H and O–H groups in total. The van der Waals surface area contributed by atoms with E-state index in [-0.39, 0.29) is 23.1 Å². The monoisotopic (exact) mass is 512 g/mol. The number of nitro groups is 1. The van der Waals surface area contributed by atoms with Gasteiger partial charge in [0, 0.05) is 43.0 Å². The fourth-order valence-corrected chi connectivity index (χ4v) is 4.86. The van der Waals surface area contributed by atoms with Gasteiger partial charge in [0.1, 0.15) is 5.82 Å². The maximum absolute atomic E-state index is 11.3. The van der Waals surface area contributed by atoms with Crippen molar-refractivity contribution in [2.24, 2.45) is 0 Å². The summed E-state index contributed by atoms with van der Waals surface area (Å²) in [5.41, 5.74) is 1.38. The molecule has 1 aliphatic rings. The second-order valence-corrected chi connectivity index (χ2v) is 8.91. The molecule has 11 heteroatoms. The molecule has 0 aliphatic carbocycles. The van der Waals surface area contributed by atoms with Crippen molar-refractivity contribution in [3.8, 4) is 28.7 Å². The third-order valence-corrected chi connectivity index (χ3v) is 6.74. The van der Waals surface area contributed by atoms with Crippen molar-refractivity contribution >= 4 is 5.69 Å². The molecule has 0 unspecified atom stereocenters. The number of nitro benzene ring substituents is 1. The molecule has 4 rings (SSSR count). The number of aromatic nitrogens is 2. The Kier molecular flexibility index (Phi) is 8.02. The number of nitrogens with zero attached hydrogens (tertiary/aromatic N) is 4. The first-order valence-electron chi connectivity index (χ1n) is 11.9. The Bertz CT molecular complexity index is 1230. The highest BCUT2D eigenvalue weighted by Gasteiger charge is 2.26. The summed E-state index contributed by atoms with van der Waals surface area (Å²) in [7, 11) is 6.16. The zero-order chi connectivity index (χ0) is 26.5. The Morgan fingerprint density at radius 1 is 0.973 bits per heavy atom. The predicted octanol–water partition coefficient (Wildman–Crippen LogP) is 3.96. The first kappa shape index (κ1) is 26.1. The zero-order valence-electron chi connectivity index (χ0n) is 21.5. The molecule has 1 aliphatic heterocycles. The number of phenols is 1. The van der Waals surface area contributed by atoms with Crippen LogP contribution in [-0.4, -0.2) is 66.0 Å². The van der Waals surface area contributed by atoms with Gasteiger partial charge < -0.3 is 28.6 Å². The molecule has 198 valence electrons. The van der Waals surface area contributed by atoms with E-state index in [4.69, 9.17) is 18.9 Å². The summed E-state index contributed by atoms with van der Waals surface area (Å²) < 4.78 is 23.7. The van der Waals surface area contributed by atoms with Gasteiger partial charge in [0.2, 0.25) is 5.75 Å². The molecule has 11 nitrogen and oxygen atoms in total. The predicted molar refractivity (Wildman–Crippen MR) is 136 cm³/mol. The Balaban J connectivity index is 1.45. The first-order valence-corrected chi connectivity index (χ1v) is 11.9. The van der Waals surface area contributed by atoms with Crippen LogP contribution >= 0.6 is 0 Å². The third kappa shape index (κ3) is 5.56. The average Bonchev–Trinajstić information content (AvgIpc) is 3.37. The van der Waals surface area contributed by atoms with Crippen LogP contribution in [0.25, 0.3) is 0 Å². The fourth-order valence-electron chi connectivity index (χ4n) is 4.86. The van der Waals surface area contributed by atoms with E-state index in [9.17, 15) is 15.2 Å². The van der Waals surface area contributed by atoms with Gasteiger partial charge in [-0.15, -0.1) is 0 Å². The van der Waals surface area contributed by atoms with E-state index >= 15 is 0 Å². The van der Waals surface area contributed by atoms with Crippen molar-refractivity contribution in [1.29, 1.82) is 0 Å². The fraction of sp³-hybridized carbons (Fsp3) is 0.423. The minimum atomic E-state index is -0.481. The molecule has 2 aromatic carbocycles. The Morgan fingerprint density at radius 2 is 1.62 bits per heavy atom. The van der Waals surface area contributed by atoms with Crippen molar-refractivity contribution in [2.75, 3.05) is 41.5 Å². The minimum absolute atomic E-state index is 0.0592. The number of hydrogen-bond donors (Lipinski definition) is 1. The largest absolute Gasteiger partial charge is 0.504 e. The number of non-ortho nitro benzene ring substituents is 1. The molecule has 0 bridgehead atoms. The van der Waals surface area contributed by atoms with E-state index < -0.39 is 4.92 Å². The topological polar surface area (TPSA) is 121 Å². The molecule has 1 saturated heterocycles. The summed E-state index contributed by atoms with van der Waals surface area (Å²) in [6, 6.07) is 6.52. The number of piperidine rings is 1. The summed E-state index contributed by atoms with van der Waals surface area (Å²) in [5.74, 6) is 3.08. The van der Waals surface area contributed by atoms with Crippen LogP contribution in [0.3, 0.4) is 0 Å². The van der Waals surface area contributed by atoms with Crippen molar-refractivity contribution in [3.05, 3.63) is 63.7 Å². The van der Waals surface area contributed by atoms with Gasteiger partial charge >= 0.3 is 0 Å². The first-order chi connectivity index (χ1) is 17.9. The summed E-state index contributed by atoms with van der Waals surface area (Å²) >= 11 is 0. The van der Waals surface area contributed by atoms with Crippen molar-refractivity contribution < 1.29 is 29.0 Å². The SMILES string of the molecule is COc1cc([N+](=O)[O-])cc(CN2CCC(c3nccn3Cc3cc(OC)c(OC)c(OC)c3)CC2)c1O. The number of imidazole rings is 1. The number of aromatic hydroxyl groups is 1. The molecule has 3 aromatic rings. The van der Waals surface area contributed by atoms with Gasteiger partial charge in [-0.05, 0) is 43.6 Å². The van der Waals surface area contributed by atoms with E-state index in [1.54, 1.807) is 21.3 Å². The summed E-state index contributed by atoms with van der Waals surface area (Å²) in [5, 5.41) is 21.8. The maximum atomic E-state index is 11.3. The number of ether oxygens (including phenoxy) is 4. The van der Waals surface area contributed by atoms with Crippen LogP contribution in [0.5, 0.6) is 28.7 Å². The van der Waals surface area contributed by atoms with Crippen LogP contribution in [0.1, 0.15) is 35.7 Å². The normalized spacial score (nSPS) is 14.4. The molecule has 1 aromatic heterocycles. The van der Waals surface area contributed by atoms with Gasteiger partial charge in [0.25, 0.3) is 5.69 Å². The smallest absolute Gasteiger partial charge is 0.273 e. The van der Waals surface area contributed by atoms with Gasteiger partial charge in [0.05, 0.1) is 39.4 Å². The van der Waals surface area contributed by atoms with E-state index in [0.29, 0.717) is 35.9 Å². The Labute approximate surface area is 215 Å². The van der Waals surface area contributed by atoms with Crippen LogP contribution in [-0.2, 0) is 13.1 Å². The van der Waals surface area contributed by atoms with E-state index in [1.807, 2.05) is 24.5 Å². The Morgan fingerprint density at radius 3 is 2.19 bits per heavy atom. The van der Waals surface area contributed by atoms with Crippen LogP contribution in [0.15, 0.2) is 36.7 Å². The molecule has 0 spiro atoms. The second-order valence-electron chi connectivity index (χ2n) is 8.91. The highest BCUT2D eigenvalue weighted by Crippen LogP contribution is 2.39. The average molecular weight is 513 g/mol. The quantitative estimate of drug-likeness (QED) is 0.318. The van der Waals surface area contributed by atoms with Gasteiger partial charge in [0.15, 0.2) is 23.0 Å². The molecule has 0 saturated carbocycles. The molecule has 0 atom stereocenters. The Hall–Kier alpha value is -3.99. The molecule has 1 fully saturated rings. The lowest BCUT2D eigenvalue weighted by atomic mass is 9.95. The van der Waals surface area contributed by atoms with Crippen LogP contribution in [0.2, 0.25) is 0 Å². The van der Waals surface area contributed by atoms with E-state index in [1.165, 1.54) is 19.2 Å². The molecule has 0 radical (unpaired) electrons. The van der Waals surface area contributed by atoms with Gasteiger partial charge in [-0.3, -0.25) is 15.0 Å².